The molecule has 300 valence electrons. The molecule has 0 radical (unpaired) electrons. The first-order chi connectivity index (χ1) is 24.9. The molecule has 14 N–H and O–H groups in total. The van der Waals surface area contributed by atoms with E-state index in [0.29, 0.717) is 4.90 Å². The summed E-state index contributed by atoms with van der Waals surface area (Å²) in [5, 5.41) is 94.1. The first kappa shape index (κ1) is 43.8. The van der Waals surface area contributed by atoms with E-state index < -0.39 is 159 Å². The summed E-state index contributed by atoms with van der Waals surface area (Å²) in [4.78, 5) is 86.0. The molecule has 0 aromatic heterocycles. The maximum Gasteiger partial charge on any atom is 0.322 e. The van der Waals surface area contributed by atoms with Gasteiger partial charge >= 0.3 is 11.9 Å². The number of carboxylic acid groups (broad SMARTS) is 2. The largest absolute Gasteiger partial charge is 0.480 e. The fourth-order valence-corrected chi connectivity index (χ4v) is 6.55. The Kier molecular flexibility index (Phi) is 16.2. The second kappa shape index (κ2) is 19.6. The summed E-state index contributed by atoms with van der Waals surface area (Å²) in [6.07, 6.45) is -18.7. The number of nitrogens with one attached hydrogen (secondary N) is 3. The summed E-state index contributed by atoms with van der Waals surface area (Å²) in [6.45, 7) is -3.42. The zero-order valence-corrected chi connectivity index (χ0v) is 28.5. The number of aliphatic carboxylic acids is 2. The number of carbonyl (C=O) groups excluding carboxylic acids is 5. The first-order valence-electron chi connectivity index (χ1n) is 16.0. The zero-order chi connectivity index (χ0) is 39.7. The standard InChI is InChI=1S/C28H43N5O19S/c29-9(27(48)49)1-2-14(36)31-10(24(46)30-4-17(39)40)8-53-13-3-16(38)33(26(13)47)5-15(37)32-25-21(44)20(43)23(12(7-35)50-25)52-28-22(45)19(42)18(41)11(6-34)51-28/h9-13,18-23,25,28,34-35,41-45H,1-8,29H2,(H,30,46)(H,31,36)(H,32,37)(H,39,40)(H,48,49)/t9-,10-,11+,12+,13?,18-,19-,20+,21+,22+,23+,25+,28-/m0/s1. The average Bonchev–Trinajstić information content (AvgIpc) is 3.37. The summed E-state index contributed by atoms with van der Waals surface area (Å²) in [5.74, 6) is -7.68. The molecule has 3 saturated heterocycles. The highest BCUT2D eigenvalue weighted by Gasteiger charge is 2.51. The van der Waals surface area contributed by atoms with Gasteiger partial charge in [0.2, 0.25) is 29.5 Å². The van der Waals surface area contributed by atoms with Crippen LogP contribution >= 0.6 is 11.8 Å². The van der Waals surface area contributed by atoms with Crippen molar-refractivity contribution in [3.63, 3.8) is 0 Å². The Balaban J connectivity index is 1.59. The van der Waals surface area contributed by atoms with Gasteiger partial charge in [-0.2, -0.15) is 0 Å². The van der Waals surface area contributed by atoms with Crippen molar-refractivity contribution in [3.05, 3.63) is 0 Å². The molecule has 3 heterocycles. The molecule has 13 atom stereocenters. The minimum Gasteiger partial charge on any atom is -0.480 e. The number of hydrogen-bond donors (Lipinski definition) is 13. The van der Waals surface area contributed by atoms with E-state index in [9.17, 15) is 69.3 Å². The SMILES string of the molecule is N[C@@H](CCC(=O)N[C@@H](CSC1CC(=O)N(CC(=O)N[C@@H]2O[C@H](CO)[C@@H](O[C@@H]3O[C@H](CO)[C@H](O)[C@H](O)[C@H]3O)[C@H](O)[C@H]2O)C1=O)C(=O)NCC(=O)O)C(=O)O. The molecule has 1 unspecified atom stereocenters. The average molecular weight is 786 g/mol. The molecule has 24 nitrogen and oxygen atoms in total. The Morgan fingerprint density at radius 1 is 0.906 bits per heavy atom. The number of imide groups is 1. The van der Waals surface area contributed by atoms with E-state index >= 15 is 0 Å². The number of thioether (sulfide) groups is 1. The number of carboxylic acids is 2. The molecule has 0 aromatic carbocycles. The van der Waals surface area contributed by atoms with Gasteiger partial charge in [-0.25, -0.2) is 0 Å². The predicted molar refractivity (Wildman–Crippen MR) is 170 cm³/mol. The van der Waals surface area contributed by atoms with Crippen LogP contribution in [-0.4, -0.2) is 203 Å². The van der Waals surface area contributed by atoms with E-state index in [1.165, 1.54) is 0 Å². The molecule has 0 spiro atoms. The number of amides is 5. The lowest BCUT2D eigenvalue weighted by atomic mass is 9.96. The molecular weight excluding hydrogens is 742 g/mol. The fraction of sp³-hybridized carbons (Fsp3) is 0.750. The van der Waals surface area contributed by atoms with Crippen LogP contribution in [0.3, 0.4) is 0 Å². The predicted octanol–water partition coefficient (Wildman–Crippen LogP) is -8.53. The number of hydrogen-bond acceptors (Lipinski definition) is 19. The topological polar surface area (TPSA) is 395 Å². The van der Waals surface area contributed by atoms with Gasteiger partial charge in [-0.05, 0) is 6.42 Å². The van der Waals surface area contributed by atoms with Crippen molar-refractivity contribution in [2.75, 3.05) is 32.1 Å². The Labute approximate surface area is 303 Å². The monoisotopic (exact) mass is 785 g/mol. The Morgan fingerprint density at radius 3 is 2.17 bits per heavy atom. The van der Waals surface area contributed by atoms with Crippen LogP contribution in [0.5, 0.6) is 0 Å². The molecule has 0 aliphatic carbocycles. The normalized spacial score (nSPS) is 32.8. The molecule has 0 aromatic rings. The Hall–Kier alpha value is -3.60. The van der Waals surface area contributed by atoms with Crippen molar-refractivity contribution < 1.29 is 93.7 Å². The molecule has 3 rings (SSSR count). The number of nitrogens with zero attached hydrogens (tertiary/aromatic N) is 1. The van der Waals surface area contributed by atoms with Crippen molar-refractivity contribution in [1.82, 2.24) is 20.9 Å². The number of likely N-dealkylation sites (tertiary alicyclic amines) is 1. The van der Waals surface area contributed by atoms with Crippen LogP contribution < -0.4 is 21.7 Å². The summed E-state index contributed by atoms with van der Waals surface area (Å²) in [7, 11) is 0. The molecule has 5 amide bonds. The van der Waals surface area contributed by atoms with Crippen LogP contribution in [-0.2, 0) is 47.8 Å². The molecule has 53 heavy (non-hydrogen) atoms. The maximum atomic E-state index is 13.1. The highest BCUT2D eigenvalue weighted by molar-refractivity contribution is 8.00. The lowest BCUT2D eigenvalue weighted by Gasteiger charge is -2.46. The molecule has 0 saturated carbocycles. The van der Waals surface area contributed by atoms with Gasteiger partial charge in [0.1, 0.15) is 74.0 Å². The third kappa shape index (κ3) is 11.4. The van der Waals surface area contributed by atoms with E-state index in [0.717, 1.165) is 11.8 Å². The van der Waals surface area contributed by atoms with Crippen molar-refractivity contribution in [3.8, 4) is 0 Å². The minimum atomic E-state index is -1.98. The van der Waals surface area contributed by atoms with Crippen molar-refractivity contribution in [2.45, 2.75) is 97.9 Å². The lowest BCUT2D eigenvalue weighted by molar-refractivity contribution is -0.343. The minimum absolute atomic E-state index is 0.288. The van der Waals surface area contributed by atoms with Gasteiger partial charge in [-0.1, -0.05) is 0 Å². The highest BCUT2D eigenvalue weighted by Crippen LogP contribution is 2.29. The highest BCUT2D eigenvalue weighted by atomic mass is 32.2. The number of aliphatic hydroxyl groups excluding tert-OH is 7. The summed E-state index contributed by atoms with van der Waals surface area (Å²) in [5.41, 5.74) is 5.38. The Morgan fingerprint density at radius 2 is 1.57 bits per heavy atom. The van der Waals surface area contributed by atoms with Crippen LogP contribution in [0.4, 0.5) is 0 Å². The van der Waals surface area contributed by atoms with Gasteiger partial charge in [0.25, 0.3) is 0 Å². The van der Waals surface area contributed by atoms with Crippen molar-refractivity contribution in [2.24, 2.45) is 5.73 Å². The van der Waals surface area contributed by atoms with Gasteiger partial charge in [0, 0.05) is 18.6 Å². The maximum absolute atomic E-state index is 13.1. The molecule has 3 aliphatic rings. The van der Waals surface area contributed by atoms with Crippen LogP contribution in [0.15, 0.2) is 0 Å². The third-order valence-electron chi connectivity index (χ3n) is 8.34. The van der Waals surface area contributed by atoms with Crippen LogP contribution in [0.1, 0.15) is 19.3 Å². The molecular formula is C28H43N5O19S. The second-order valence-electron chi connectivity index (χ2n) is 12.2. The second-order valence-corrected chi connectivity index (χ2v) is 13.4. The van der Waals surface area contributed by atoms with E-state index in [1.54, 1.807) is 0 Å². The third-order valence-corrected chi connectivity index (χ3v) is 9.64. The van der Waals surface area contributed by atoms with E-state index in [-0.39, 0.29) is 12.2 Å². The quantitative estimate of drug-likeness (QED) is 0.0574. The van der Waals surface area contributed by atoms with Crippen LogP contribution in [0.2, 0.25) is 0 Å². The van der Waals surface area contributed by atoms with Gasteiger partial charge < -0.3 is 81.9 Å². The summed E-state index contributed by atoms with van der Waals surface area (Å²) in [6, 6.07) is -2.80. The number of nitrogens with two attached hydrogens (primary N) is 1. The summed E-state index contributed by atoms with van der Waals surface area (Å²) < 4.78 is 16.1. The van der Waals surface area contributed by atoms with Crippen LogP contribution in [0.25, 0.3) is 0 Å². The van der Waals surface area contributed by atoms with Gasteiger partial charge in [-0.15, -0.1) is 11.8 Å². The number of aliphatic hydroxyl groups is 7. The van der Waals surface area contributed by atoms with Crippen molar-refractivity contribution in [1.29, 1.82) is 0 Å². The van der Waals surface area contributed by atoms with E-state index in [4.69, 9.17) is 30.2 Å². The summed E-state index contributed by atoms with van der Waals surface area (Å²) >= 11 is 0.728. The van der Waals surface area contributed by atoms with E-state index in [2.05, 4.69) is 16.0 Å². The van der Waals surface area contributed by atoms with Crippen LogP contribution in [0, 0.1) is 0 Å². The molecule has 3 aliphatic heterocycles. The van der Waals surface area contributed by atoms with Gasteiger partial charge in [-0.3, -0.25) is 38.5 Å². The fourth-order valence-electron chi connectivity index (χ4n) is 5.36. The number of carbonyl (C=O) groups is 7. The van der Waals surface area contributed by atoms with Gasteiger partial charge in [0.15, 0.2) is 12.5 Å². The number of ether oxygens (including phenoxy) is 3. The first-order valence-corrected chi connectivity index (χ1v) is 17.1. The Bertz CT molecular complexity index is 1360. The molecule has 3 fully saturated rings. The van der Waals surface area contributed by atoms with E-state index in [1.807, 2.05) is 0 Å². The lowest BCUT2D eigenvalue weighted by Crippen LogP contribution is -2.67. The van der Waals surface area contributed by atoms with Crippen molar-refractivity contribution >= 4 is 53.2 Å². The molecule has 25 heteroatoms. The van der Waals surface area contributed by atoms with Gasteiger partial charge in [0.05, 0.1) is 18.5 Å². The molecule has 0 bridgehead atoms. The zero-order valence-electron chi connectivity index (χ0n) is 27.7. The number of rotatable bonds is 18. The smallest absolute Gasteiger partial charge is 0.322 e.